The highest BCUT2D eigenvalue weighted by Crippen LogP contribution is 2.25. The fraction of sp³-hybridized carbons (Fsp3) is 0.333. The molecule has 2 N–H and O–H groups in total. The number of anilines is 2. The first-order valence-electron chi connectivity index (χ1n) is 8.51. The van der Waals surface area contributed by atoms with Gasteiger partial charge in [0.1, 0.15) is 5.01 Å². The zero-order valence-electron chi connectivity index (χ0n) is 14.3. The molecule has 0 unspecified atom stereocenters. The Morgan fingerprint density at radius 3 is 2.68 bits per heavy atom. The lowest BCUT2D eigenvalue weighted by Crippen LogP contribution is -2.43. The Labute approximate surface area is 151 Å². The number of hydrogen-bond donors (Lipinski definition) is 2. The van der Waals surface area contributed by atoms with Crippen LogP contribution in [0.4, 0.5) is 11.4 Å². The molecule has 0 radical (unpaired) electrons. The molecule has 25 heavy (non-hydrogen) atoms. The van der Waals surface area contributed by atoms with Gasteiger partial charge in [-0.3, -0.25) is 4.68 Å². The van der Waals surface area contributed by atoms with E-state index >= 15 is 0 Å². The van der Waals surface area contributed by atoms with Gasteiger partial charge in [0, 0.05) is 67.4 Å². The maximum Gasteiger partial charge on any atom is 0.126 e. The van der Waals surface area contributed by atoms with Crippen molar-refractivity contribution in [3.8, 4) is 10.6 Å². The Hall–Kier alpha value is -2.38. The summed E-state index contributed by atoms with van der Waals surface area (Å²) < 4.78 is 1.80. The summed E-state index contributed by atoms with van der Waals surface area (Å²) in [5.41, 5.74) is 3.50. The van der Waals surface area contributed by atoms with Crippen LogP contribution in [0.3, 0.4) is 0 Å². The van der Waals surface area contributed by atoms with E-state index in [1.54, 1.807) is 16.0 Å². The number of benzene rings is 1. The van der Waals surface area contributed by atoms with E-state index < -0.39 is 0 Å². The smallest absolute Gasteiger partial charge is 0.126 e. The average molecular weight is 354 g/mol. The summed E-state index contributed by atoms with van der Waals surface area (Å²) in [6.45, 7) is 5.05. The molecule has 130 valence electrons. The highest BCUT2D eigenvalue weighted by atomic mass is 32.1. The van der Waals surface area contributed by atoms with Gasteiger partial charge in [-0.1, -0.05) is 0 Å². The van der Waals surface area contributed by atoms with Gasteiger partial charge in [0.05, 0.1) is 12.7 Å². The van der Waals surface area contributed by atoms with Crippen molar-refractivity contribution in [1.82, 2.24) is 20.1 Å². The molecule has 1 fully saturated rings. The van der Waals surface area contributed by atoms with Gasteiger partial charge < -0.3 is 15.5 Å². The lowest BCUT2D eigenvalue weighted by Gasteiger charge is -2.29. The topological polar surface area (TPSA) is 58.0 Å². The SMILES string of the molecule is Cn1cc(-c2ncc(CNc3ccc(N4CCNCC4)cc3)s2)cn1. The number of aryl methyl sites for hydroxylation is 1. The molecule has 2 aromatic heterocycles. The molecule has 6 nitrogen and oxygen atoms in total. The van der Waals surface area contributed by atoms with Crippen LogP contribution in [0.25, 0.3) is 10.6 Å². The minimum atomic E-state index is 0.783. The molecule has 1 aliphatic rings. The van der Waals surface area contributed by atoms with Crippen molar-refractivity contribution in [3.63, 3.8) is 0 Å². The fourth-order valence-electron chi connectivity index (χ4n) is 2.96. The van der Waals surface area contributed by atoms with Crippen LogP contribution in [0.1, 0.15) is 4.88 Å². The van der Waals surface area contributed by atoms with Gasteiger partial charge in [0.25, 0.3) is 0 Å². The molecule has 0 aliphatic carbocycles. The van der Waals surface area contributed by atoms with E-state index in [1.165, 1.54) is 10.6 Å². The molecule has 7 heteroatoms. The Bertz CT molecular complexity index is 816. The lowest BCUT2D eigenvalue weighted by atomic mass is 10.2. The van der Waals surface area contributed by atoms with Crippen molar-refractivity contribution in [2.24, 2.45) is 7.05 Å². The minimum Gasteiger partial charge on any atom is -0.380 e. The Morgan fingerprint density at radius 2 is 1.96 bits per heavy atom. The summed E-state index contributed by atoms with van der Waals surface area (Å²) >= 11 is 1.70. The van der Waals surface area contributed by atoms with Gasteiger partial charge in [0.2, 0.25) is 0 Å². The van der Waals surface area contributed by atoms with Crippen molar-refractivity contribution in [2.75, 3.05) is 36.4 Å². The molecular formula is C18H22N6S. The summed E-state index contributed by atoms with van der Waals surface area (Å²) in [4.78, 5) is 8.13. The zero-order chi connectivity index (χ0) is 17.1. The van der Waals surface area contributed by atoms with E-state index in [4.69, 9.17) is 0 Å². The first-order valence-corrected chi connectivity index (χ1v) is 9.33. The third kappa shape index (κ3) is 3.83. The molecule has 1 saturated heterocycles. The Morgan fingerprint density at radius 1 is 1.16 bits per heavy atom. The summed E-state index contributed by atoms with van der Waals surface area (Å²) in [6.07, 6.45) is 5.78. The molecule has 1 aliphatic heterocycles. The first kappa shape index (κ1) is 16.1. The molecule has 0 amide bonds. The molecule has 3 aromatic rings. The number of nitrogens with zero attached hydrogens (tertiary/aromatic N) is 4. The second-order valence-corrected chi connectivity index (χ2v) is 7.29. The van der Waals surface area contributed by atoms with Crippen LogP contribution in [0, 0.1) is 0 Å². The van der Waals surface area contributed by atoms with Crippen LogP contribution >= 0.6 is 11.3 Å². The van der Waals surface area contributed by atoms with Crippen LogP contribution in [0.2, 0.25) is 0 Å². The molecular weight excluding hydrogens is 332 g/mol. The summed E-state index contributed by atoms with van der Waals surface area (Å²) in [5, 5.41) is 12.1. The minimum absolute atomic E-state index is 0.783. The van der Waals surface area contributed by atoms with E-state index in [0.717, 1.165) is 49.0 Å². The van der Waals surface area contributed by atoms with Crippen molar-refractivity contribution in [3.05, 3.63) is 47.7 Å². The Kier molecular flexibility index (Phi) is 4.67. The van der Waals surface area contributed by atoms with E-state index in [-0.39, 0.29) is 0 Å². The normalized spacial score (nSPS) is 14.7. The van der Waals surface area contributed by atoms with Crippen molar-refractivity contribution in [2.45, 2.75) is 6.54 Å². The van der Waals surface area contributed by atoms with Gasteiger partial charge in [-0.15, -0.1) is 11.3 Å². The van der Waals surface area contributed by atoms with Crippen LogP contribution in [-0.4, -0.2) is 40.9 Å². The van der Waals surface area contributed by atoms with Gasteiger partial charge >= 0.3 is 0 Å². The number of nitrogens with one attached hydrogen (secondary N) is 2. The quantitative estimate of drug-likeness (QED) is 0.737. The number of hydrogen-bond acceptors (Lipinski definition) is 6. The summed E-state index contributed by atoms with van der Waals surface area (Å²) in [5.74, 6) is 0. The highest BCUT2D eigenvalue weighted by Gasteiger charge is 2.10. The first-order chi connectivity index (χ1) is 12.3. The van der Waals surface area contributed by atoms with Gasteiger partial charge in [-0.05, 0) is 24.3 Å². The van der Waals surface area contributed by atoms with Crippen molar-refractivity contribution >= 4 is 22.7 Å². The third-order valence-electron chi connectivity index (χ3n) is 4.32. The van der Waals surface area contributed by atoms with Crippen LogP contribution in [0.15, 0.2) is 42.9 Å². The van der Waals surface area contributed by atoms with Crippen LogP contribution in [-0.2, 0) is 13.6 Å². The fourth-order valence-corrected chi connectivity index (χ4v) is 3.78. The molecule has 1 aromatic carbocycles. The second kappa shape index (κ2) is 7.25. The predicted molar refractivity (Wildman–Crippen MR) is 103 cm³/mol. The average Bonchev–Trinajstić information content (AvgIpc) is 3.30. The monoisotopic (exact) mass is 354 g/mol. The van der Waals surface area contributed by atoms with E-state index in [9.17, 15) is 0 Å². The second-order valence-electron chi connectivity index (χ2n) is 6.17. The number of thiazole rings is 1. The number of aromatic nitrogens is 3. The predicted octanol–water partition coefficient (Wildman–Crippen LogP) is 2.57. The van der Waals surface area contributed by atoms with Crippen molar-refractivity contribution < 1.29 is 0 Å². The molecule has 0 spiro atoms. The van der Waals surface area contributed by atoms with Gasteiger partial charge in [-0.2, -0.15) is 5.10 Å². The molecule has 0 atom stereocenters. The molecule has 3 heterocycles. The number of rotatable bonds is 5. The third-order valence-corrected chi connectivity index (χ3v) is 5.37. The maximum atomic E-state index is 4.50. The van der Waals surface area contributed by atoms with E-state index in [2.05, 4.69) is 49.9 Å². The van der Waals surface area contributed by atoms with Crippen molar-refractivity contribution in [1.29, 1.82) is 0 Å². The maximum absolute atomic E-state index is 4.50. The summed E-state index contributed by atoms with van der Waals surface area (Å²) in [7, 11) is 1.92. The zero-order valence-corrected chi connectivity index (χ0v) is 15.1. The van der Waals surface area contributed by atoms with E-state index in [0.29, 0.717) is 0 Å². The molecule has 0 bridgehead atoms. The highest BCUT2D eigenvalue weighted by molar-refractivity contribution is 7.15. The molecule has 0 saturated carbocycles. The standard InChI is InChI=1S/C18H22N6S/c1-23-13-14(10-22-23)18-21-12-17(25-18)11-20-15-2-4-16(5-3-15)24-8-6-19-7-9-24/h2-5,10,12-13,19-20H,6-9,11H2,1H3. The van der Waals surface area contributed by atoms with Gasteiger partial charge in [0.15, 0.2) is 0 Å². The van der Waals surface area contributed by atoms with Crippen LogP contribution in [0.5, 0.6) is 0 Å². The molecule has 4 rings (SSSR count). The lowest BCUT2D eigenvalue weighted by molar-refractivity contribution is 0.589. The van der Waals surface area contributed by atoms with Crippen LogP contribution < -0.4 is 15.5 Å². The Balaban J connectivity index is 1.36. The van der Waals surface area contributed by atoms with E-state index in [1.807, 2.05) is 25.6 Å². The number of piperazine rings is 1. The largest absolute Gasteiger partial charge is 0.380 e. The summed E-state index contributed by atoms with van der Waals surface area (Å²) in [6, 6.07) is 8.70. The van der Waals surface area contributed by atoms with Gasteiger partial charge in [-0.25, -0.2) is 4.98 Å².